The minimum atomic E-state index is -0.237. The Bertz CT molecular complexity index is 472. The molecule has 1 fully saturated rings. The van der Waals surface area contributed by atoms with Crippen LogP contribution in [0.3, 0.4) is 0 Å². The number of nitrogens with two attached hydrogens (primary N) is 1. The van der Waals surface area contributed by atoms with E-state index in [1.54, 1.807) is 23.9 Å². The first-order chi connectivity index (χ1) is 10.1. The second-order valence-electron chi connectivity index (χ2n) is 5.71. The van der Waals surface area contributed by atoms with Crippen molar-refractivity contribution >= 4 is 30.1 Å². The minimum Gasteiger partial charge on any atom is -0.353 e. The monoisotopic (exact) mass is 346 g/mol. The van der Waals surface area contributed by atoms with Crippen LogP contribution in [0.25, 0.3) is 0 Å². The van der Waals surface area contributed by atoms with Crippen molar-refractivity contribution < 1.29 is 9.18 Å². The van der Waals surface area contributed by atoms with Crippen LogP contribution in [0.4, 0.5) is 4.39 Å². The fraction of sp³-hybridized carbons (Fsp3) is 0.562. The van der Waals surface area contributed by atoms with Gasteiger partial charge in [0, 0.05) is 22.6 Å². The maximum absolute atomic E-state index is 12.8. The van der Waals surface area contributed by atoms with E-state index in [4.69, 9.17) is 5.73 Å². The van der Waals surface area contributed by atoms with Gasteiger partial charge in [-0.2, -0.15) is 0 Å². The molecule has 124 valence electrons. The summed E-state index contributed by atoms with van der Waals surface area (Å²) in [6.45, 7) is 2.57. The number of hydrogen-bond acceptors (Lipinski definition) is 3. The molecule has 0 heterocycles. The van der Waals surface area contributed by atoms with Gasteiger partial charge in [-0.1, -0.05) is 13.3 Å². The van der Waals surface area contributed by atoms with Crippen LogP contribution in [-0.2, 0) is 4.79 Å². The molecule has 0 spiro atoms. The van der Waals surface area contributed by atoms with Gasteiger partial charge in [-0.3, -0.25) is 4.79 Å². The molecule has 0 aromatic heterocycles. The quantitative estimate of drug-likeness (QED) is 0.777. The predicted molar refractivity (Wildman–Crippen MR) is 91.9 cm³/mol. The van der Waals surface area contributed by atoms with E-state index in [1.807, 2.05) is 6.92 Å². The van der Waals surface area contributed by atoms with Crippen molar-refractivity contribution in [2.24, 2.45) is 17.6 Å². The Morgan fingerprint density at radius 3 is 2.73 bits per heavy atom. The lowest BCUT2D eigenvalue weighted by atomic mass is 10.0. The largest absolute Gasteiger partial charge is 0.353 e. The summed E-state index contributed by atoms with van der Waals surface area (Å²) in [5.74, 6) is 0.899. The fourth-order valence-corrected chi connectivity index (χ4v) is 3.58. The number of benzene rings is 1. The first-order valence-corrected chi connectivity index (χ1v) is 8.47. The van der Waals surface area contributed by atoms with Crippen molar-refractivity contribution in [3.63, 3.8) is 0 Å². The molecule has 1 saturated carbocycles. The minimum absolute atomic E-state index is 0. The van der Waals surface area contributed by atoms with Crippen molar-refractivity contribution in [1.29, 1.82) is 0 Å². The second kappa shape index (κ2) is 9.38. The van der Waals surface area contributed by atoms with E-state index in [0.29, 0.717) is 18.2 Å². The Labute approximate surface area is 142 Å². The molecule has 0 aliphatic heterocycles. The topological polar surface area (TPSA) is 55.1 Å². The van der Waals surface area contributed by atoms with Crippen LogP contribution in [-0.4, -0.2) is 24.2 Å². The third kappa shape index (κ3) is 5.45. The van der Waals surface area contributed by atoms with Crippen LogP contribution in [0.15, 0.2) is 29.2 Å². The van der Waals surface area contributed by atoms with Crippen molar-refractivity contribution in [2.45, 2.75) is 37.1 Å². The highest BCUT2D eigenvalue weighted by atomic mass is 35.5. The molecule has 1 amide bonds. The number of amides is 1. The van der Waals surface area contributed by atoms with E-state index >= 15 is 0 Å². The zero-order valence-electron chi connectivity index (χ0n) is 12.8. The molecule has 6 heteroatoms. The Hall–Kier alpha value is -0.780. The highest BCUT2D eigenvalue weighted by molar-refractivity contribution is 7.99. The molecule has 3 N–H and O–H groups in total. The van der Waals surface area contributed by atoms with E-state index in [2.05, 4.69) is 5.32 Å². The number of carbonyl (C=O) groups excluding carboxylic acids is 1. The van der Waals surface area contributed by atoms with E-state index in [1.165, 1.54) is 12.1 Å². The standard InChI is InChI=1S/C16H23FN2OS.ClH/c1-11(10-21-14-7-5-13(17)6-8-14)16(20)19-15-4-2-3-12(15)9-18;/h5-8,11-12,15H,2-4,9-10,18H2,1H3,(H,19,20);1H. The Kier molecular flexibility index (Phi) is 8.21. The lowest BCUT2D eigenvalue weighted by Gasteiger charge is -2.21. The summed E-state index contributed by atoms with van der Waals surface area (Å²) in [5, 5.41) is 3.13. The van der Waals surface area contributed by atoms with Crippen molar-refractivity contribution in [1.82, 2.24) is 5.32 Å². The average Bonchev–Trinajstić information content (AvgIpc) is 2.93. The van der Waals surface area contributed by atoms with Gasteiger partial charge in [0.05, 0.1) is 0 Å². The molecular weight excluding hydrogens is 323 g/mol. The summed E-state index contributed by atoms with van der Waals surface area (Å²) in [4.78, 5) is 13.2. The van der Waals surface area contributed by atoms with E-state index in [9.17, 15) is 9.18 Å². The molecule has 3 nitrogen and oxygen atoms in total. The number of rotatable bonds is 6. The normalized spacial score (nSPS) is 22.0. The number of hydrogen-bond donors (Lipinski definition) is 2. The van der Waals surface area contributed by atoms with Gasteiger partial charge in [0.25, 0.3) is 0 Å². The SMILES string of the molecule is CC(CSc1ccc(F)cc1)C(=O)NC1CCCC1CN.Cl. The lowest BCUT2D eigenvalue weighted by Crippen LogP contribution is -2.42. The zero-order chi connectivity index (χ0) is 15.2. The summed E-state index contributed by atoms with van der Waals surface area (Å²) in [6.07, 6.45) is 3.29. The van der Waals surface area contributed by atoms with Crippen LogP contribution in [0, 0.1) is 17.7 Å². The molecular formula is C16H24ClFN2OS. The van der Waals surface area contributed by atoms with Gasteiger partial charge in [0.15, 0.2) is 0 Å². The third-order valence-corrected chi connectivity index (χ3v) is 5.32. The van der Waals surface area contributed by atoms with Crippen LogP contribution in [0.5, 0.6) is 0 Å². The molecule has 0 radical (unpaired) electrons. The van der Waals surface area contributed by atoms with Crippen LogP contribution in [0.1, 0.15) is 26.2 Å². The van der Waals surface area contributed by atoms with Crippen LogP contribution < -0.4 is 11.1 Å². The smallest absolute Gasteiger partial charge is 0.223 e. The van der Waals surface area contributed by atoms with E-state index in [0.717, 1.165) is 24.2 Å². The number of nitrogens with one attached hydrogen (secondary N) is 1. The molecule has 0 bridgehead atoms. The van der Waals surface area contributed by atoms with Gasteiger partial charge in [0.2, 0.25) is 5.91 Å². The first kappa shape index (κ1) is 19.3. The summed E-state index contributed by atoms with van der Waals surface area (Å²) < 4.78 is 12.8. The zero-order valence-corrected chi connectivity index (χ0v) is 14.4. The summed E-state index contributed by atoms with van der Waals surface area (Å²) in [6, 6.07) is 6.60. The van der Waals surface area contributed by atoms with Gasteiger partial charge in [-0.05, 0) is 49.6 Å². The van der Waals surface area contributed by atoms with Crippen molar-refractivity contribution in [2.75, 3.05) is 12.3 Å². The van der Waals surface area contributed by atoms with Crippen molar-refractivity contribution in [3.05, 3.63) is 30.1 Å². The molecule has 3 unspecified atom stereocenters. The second-order valence-corrected chi connectivity index (χ2v) is 6.80. The maximum atomic E-state index is 12.8. The molecule has 0 saturated heterocycles. The van der Waals surface area contributed by atoms with Gasteiger partial charge >= 0.3 is 0 Å². The van der Waals surface area contributed by atoms with Crippen LogP contribution >= 0.6 is 24.2 Å². The Balaban J connectivity index is 0.00000242. The highest BCUT2D eigenvalue weighted by Crippen LogP contribution is 2.25. The number of halogens is 2. The summed E-state index contributed by atoms with van der Waals surface area (Å²) >= 11 is 1.58. The molecule has 1 aliphatic rings. The van der Waals surface area contributed by atoms with Gasteiger partial charge in [-0.15, -0.1) is 24.2 Å². The van der Waals surface area contributed by atoms with Gasteiger partial charge < -0.3 is 11.1 Å². The molecule has 1 aromatic rings. The van der Waals surface area contributed by atoms with Gasteiger partial charge in [0.1, 0.15) is 5.82 Å². The van der Waals surface area contributed by atoms with Crippen LogP contribution in [0.2, 0.25) is 0 Å². The lowest BCUT2D eigenvalue weighted by molar-refractivity contribution is -0.124. The summed E-state index contributed by atoms with van der Waals surface area (Å²) in [7, 11) is 0. The Morgan fingerprint density at radius 1 is 1.41 bits per heavy atom. The number of carbonyl (C=O) groups is 1. The summed E-state index contributed by atoms with van der Waals surface area (Å²) in [5.41, 5.74) is 5.74. The molecule has 22 heavy (non-hydrogen) atoms. The molecule has 1 aliphatic carbocycles. The predicted octanol–water partition coefficient (Wildman–Crippen LogP) is 3.22. The maximum Gasteiger partial charge on any atom is 0.223 e. The Morgan fingerprint density at radius 2 is 2.09 bits per heavy atom. The number of thioether (sulfide) groups is 1. The fourth-order valence-electron chi connectivity index (χ4n) is 2.66. The third-order valence-electron chi connectivity index (χ3n) is 4.05. The highest BCUT2D eigenvalue weighted by Gasteiger charge is 2.28. The van der Waals surface area contributed by atoms with Gasteiger partial charge in [-0.25, -0.2) is 4.39 Å². The van der Waals surface area contributed by atoms with E-state index < -0.39 is 0 Å². The van der Waals surface area contributed by atoms with E-state index in [-0.39, 0.29) is 36.1 Å². The molecule has 2 rings (SSSR count). The average molecular weight is 347 g/mol. The van der Waals surface area contributed by atoms with Crippen molar-refractivity contribution in [3.8, 4) is 0 Å². The first-order valence-electron chi connectivity index (χ1n) is 7.49. The molecule has 1 aromatic carbocycles. The molecule has 3 atom stereocenters.